The third-order valence-electron chi connectivity index (χ3n) is 3.24. The van der Waals surface area contributed by atoms with Crippen molar-refractivity contribution in [1.29, 1.82) is 0 Å². The summed E-state index contributed by atoms with van der Waals surface area (Å²) in [5.74, 6) is 0. The minimum absolute atomic E-state index is 0.221. The zero-order valence-electron chi connectivity index (χ0n) is 18.3. The van der Waals surface area contributed by atoms with Crippen molar-refractivity contribution >= 4 is 0 Å². The van der Waals surface area contributed by atoms with Crippen LogP contribution in [-0.4, -0.2) is 113 Å². The van der Waals surface area contributed by atoms with Gasteiger partial charge in [0.2, 0.25) is 0 Å². The lowest BCUT2D eigenvalue weighted by molar-refractivity contribution is -0.0857. The highest BCUT2D eigenvalue weighted by Crippen LogP contribution is 1.86. The largest absolute Gasteiger partial charge is 0.377 e. The lowest BCUT2D eigenvalue weighted by atomic mass is 10.6. The van der Waals surface area contributed by atoms with Crippen LogP contribution in [0.15, 0.2) is 25.3 Å². The van der Waals surface area contributed by atoms with Crippen LogP contribution in [0.3, 0.4) is 0 Å². The van der Waals surface area contributed by atoms with E-state index in [1.807, 2.05) is 0 Å². The second kappa shape index (κ2) is 28.1. The van der Waals surface area contributed by atoms with E-state index < -0.39 is 0 Å². The SMILES string of the molecule is C=CCOCCOCCOCCOCCOCCOCOCCOCCOCC=C. The molecular weight excluding hydrogens is 396 g/mol. The van der Waals surface area contributed by atoms with Gasteiger partial charge in [-0.25, -0.2) is 0 Å². The highest BCUT2D eigenvalue weighted by Gasteiger charge is 1.94. The van der Waals surface area contributed by atoms with Crippen LogP contribution in [0.2, 0.25) is 0 Å². The Morgan fingerprint density at radius 1 is 0.333 bits per heavy atom. The minimum Gasteiger partial charge on any atom is -0.377 e. The average Bonchev–Trinajstić information content (AvgIpc) is 2.76. The highest BCUT2D eigenvalue weighted by atomic mass is 16.7. The van der Waals surface area contributed by atoms with E-state index in [2.05, 4.69) is 13.2 Å². The van der Waals surface area contributed by atoms with E-state index in [-0.39, 0.29) is 6.79 Å². The van der Waals surface area contributed by atoms with Crippen LogP contribution in [0.25, 0.3) is 0 Å². The van der Waals surface area contributed by atoms with E-state index >= 15 is 0 Å². The van der Waals surface area contributed by atoms with E-state index in [0.717, 1.165) is 0 Å². The van der Waals surface area contributed by atoms with Gasteiger partial charge in [-0.2, -0.15) is 0 Å². The van der Waals surface area contributed by atoms with E-state index in [0.29, 0.717) is 106 Å². The van der Waals surface area contributed by atoms with Crippen LogP contribution in [0.4, 0.5) is 0 Å². The lowest BCUT2D eigenvalue weighted by Crippen LogP contribution is -2.14. The molecule has 0 aliphatic carbocycles. The van der Waals surface area contributed by atoms with Gasteiger partial charge in [0, 0.05) is 0 Å². The summed E-state index contributed by atoms with van der Waals surface area (Å²) in [7, 11) is 0. The van der Waals surface area contributed by atoms with Crippen molar-refractivity contribution in [2.24, 2.45) is 0 Å². The highest BCUT2D eigenvalue weighted by molar-refractivity contribution is 4.63. The van der Waals surface area contributed by atoms with Crippen LogP contribution < -0.4 is 0 Å². The molecule has 9 nitrogen and oxygen atoms in total. The van der Waals surface area contributed by atoms with Crippen molar-refractivity contribution in [2.45, 2.75) is 0 Å². The molecule has 178 valence electrons. The maximum Gasteiger partial charge on any atom is 0.146 e. The number of ether oxygens (including phenoxy) is 9. The third-order valence-corrected chi connectivity index (χ3v) is 3.24. The number of hydrogen-bond donors (Lipinski definition) is 0. The molecule has 0 saturated heterocycles. The molecule has 0 bridgehead atoms. The van der Waals surface area contributed by atoms with Gasteiger partial charge in [0.15, 0.2) is 0 Å². The van der Waals surface area contributed by atoms with Gasteiger partial charge in [0.05, 0.1) is 106 Å². The zero-order valence-corrected chi connectivity index (χ0v) is 18.3. The summed E-state index contributed by atoms with van der Waals surface area (Å²) in [5, 5.41) is 0. The summed E-state index contributed by atoms with van der Waals surface area (Å²) in [6, 6.07) is 0. The first-order valence-electron chi connectivity index (χ1n) is 10.3. The van der Waals surface area contributed by atoms with Gasteiger partial charge in [0.1, 0.15) is 6.79 Å². The lowest BCUT2D eigenvalue weighted by Gasteiger charge is -2.08. The molecule has 30 heavy (non-hydrogen) atoms. The molecule has 0 aliphatic heterocycles. The standard InChI is InChI=1S/C21H40O9/c1-3-5-22-7-9-24-11-12-25-13-14-26-15-16-28-18-20-30-21-29-19-17-27-10-8-23-6-4-2/h3-4H,1-2,5-21H2. The predicted octanol–water partition coefficient (Wildman–Crippen LogP) is 1.47. The number of hydrogen-bond acceptors (Lipinski definition) is 9. The minimum atomic E-state index is 0.221. The van der Waals surface area contributed by atoms with Crippen LogP contribution in [0.1, 0.15) is 0 Å². The fraction of sp³-hybridized carbons (Fsp3) is 0.810. The Morgan fingerprint density at radius 2 is 0.567 bits per heavy atom. The molecule has 0 unspecified atom stereocenters. The van der Waals surface area contributed by atoms with Gasteiger partial charge in [-0.15, -0.1) is 13.2 Å². The van der Waals surface area contributed by atoms with E-state index in [1.165, 1.54) is 0 Å². The summed E-state index contributed by atoms with van der Waals surface area (Å²) in [4.78, 5) is 0. The molecule has 0 aromatic heterocycles. The molecule has 0 saturated carbocycles. The first-order chi connectivity index (χ1) is 14.9. The van der Waals surface area contributed by atoms with Gasteiger partial charge in [-0.1, -0.05) is 12.2 Å². The molecule has 0 radical (unpaired) electrons. The Balaban J connectivity index is 2.99. The summed E-state index contributed by atoms with van der Waals surface area (Å²) < 4.78 is 47.8. The van der Waals surface area contributed by atoms with Crippen LogP contribution in [0, 0.1) is 0 Å². The van der Waals surface area contributed by atoms with Crippen molar-refractivity contribution < 1.29 is 42.6 Å². The zero-order chi connectivity index (χ0) is 21.8. The number of rotatable bonds is 27. The Morgan fingerprint density at radius 3 is 0.833 bits per heavy atom. The quantitative estimate of drug-likeness (QED) is 0.108. The fourth-order valence-corrected chi connectivity index (χ4v) is 1.85. The summed E-state index contributed by atoms with van der Waals surface area (Å²) in [5.41, 5.74) is 0. The topological polar surface area (TPSA) is 83.1 Å². The molecule has 0 aliphatic rings. The molecule has 0 atom stereocenters. The molecule has 0 spiro atoms. The Bertz CT molecular complexity index is 310. The van der Waals surface area contributed by atoms with Gasteiger partial charge in [-0.3, -0.25) is 0 Å². The second-order valence-corrected chi connectivity index (χ2v) is 5.72. The van der Waals surface area contributed by atoms with Gasteiger partial charge < -0.3 is 42.6 Å². The predicted molar refractivity (Wildman–Crippen MR) is 113 cm³/mol. The van der Waals surface area contributed by atoms with E-state index in [4.69, 9.17) is 42.6 Å². The maximum absolute atomic E-state index is 5.41. The maximum atomic E-state index is 5.41. The van der Waals surface area contributed by atoms with Crippen LogP contribution >= 0.6 is 0 Å². The summed E-state index contributed by atoms with van der Waals surface area (Å²) >= 11 is 0. The molecule has 0 aromatic rings. The van der Waals surface area contributed by atoms with Crippen molar-refractivity contribution in [2.75, 3.05) is 113 Å². The normalized spacial score (nSPS) is 11.1. The van der Waals surface area contributed by atoms with Crippen LogP contribution in [-0.2, 0) is 42.6 Å². The Labute approximate surface area is 181 Å². The molecule has 0 amide bonds. The van der Waals surface area contributed by atoms with E-state index in [1.54, 1.807) is 12.2 Å². The van der Waals surface area contributed by atoms with E-state index in [9.17, 15) is 0 Å². The molecular formula is C21H40O9. The Kier molecular flexibility index (Phi) is 27.3. The smallest absolute Gasteiger partial charge is 0.146 e. The van der Waals surface area contributed by atoms with Gasteiger partial charge in [-0.05, 0) is 0 Å². The summed E-state index contributed by atoms with van der Waals surface area (Å²) in [6.45, 7) is 15.8. The van der Waals surface area contributed by atoms with Crippen molar-refractivity contribution in [1.82, 2.24) is 0 Å². The molecule has 0 heterocycles. The molecule has 0 fully saturated rings. The van der Waals surface area contributed by atoms with Crippen molar-refractivity contribution in [3.8, 4) is 0 Å². The molecule has 0 aromatic carbocycles. The second-order valence-electron chi connectivity index (χ2n) is 5.72. The first-order valence-corrected chi connectivity index (χ1v) is 10.3. The molecule has 9 heteroatoms. The fourth-order valence-electron chi connectivity index (χ4n) is 1.85. The third kappa shape index (κ3) is 27.1. The first kappa shape index (κ1) is 29.1. The Hall–Kier alpha value is -0.880. The monoisotopic (exact) mass is 436 g/mol. The van der Waals surface area contributed by atoms with Gasteiger partial charge in [0.25, 0.3) is 0 Å². The van der Waals surface area contributed by atoms with Gasteiger partial charge >= 0.3 is 0 Å². The van der Waals surface area contributed by atoms with Crippen LogP contribution in [0.5, 0.6) is 0 Å². The average molecular weight is 437 g/mol. The summed E-state index contributed by atoms with van der Waals surface area (Å²) in [6.07, 6.45) is 3.42. The molecule has 0 N–H and O–H groups in total. The van der Waals surface area contributed by atoms with Crippen molar-refractivity contribution in [3.05, 3.63) is 25.3 Å². The van der Waals surface area contributed by atoms with Crippen molar-refractivity contribution in [3.63, 3.8) is 0 Å². The molecule has 0 rings (SSSR count).